The van der Waals surface area contributed by atoms with Crippen LogP contribution in [0.2, 0.25) is 0 Å². The van der Waals surface area contributed by atoms with Crippen LogP contribution in [0.3, 0.4) is 0 Å². The molecule has 85 heavy (non-hydrogen) atoms. The van der Waals surface area contributed by atoms with Crippen molar-refractivity contribution < 1.29 is 32.8 Å². The zero-order valence-electron chi connectivity index (χ0n) is 47.2. The van der Waals surface area contributed by atoms with E-state index >= 15 is 0 Å². The summed E-state index contributed by atoms with van der Waals surface area (Å²) in [5.41, 5.74) is 1.07. The predicted octanol–water partition coefficient (Wildman–Crippen LogP) is 12.6. The maximum absolute atomic E-state index is 3.72. The van der Waals surface area contributed by atoms with Crippen LogP contribution in [-0.4, -0.2) is 0 Å². The summed E-state index contributed by atoms with van der Waals surface area (Å²) in [7, 11) is -1.78. The van der Waals surface area contributed by atoms with E-state index in [1.165, 1.54) is 63.7 Å². The third kappa shape index (κ3) is 20.3. The molecule has 13 rings (SSSR count). The molecule has 0 N–H and O–H groups in total. The van der Waals surface area contributed by atoms with Crippen molar-refractivity contribution in [2.45, 2.75) is 0 Å². The Morgan fingerprint density at radius 3 is 0.294 bits per heavy atom. The van der Waals surface area contributed by atoms with Crippen LogP contribution in [-0.2, 0) is 20.4 Å². The zero-order valence-corrected chi connectivity index (χ0v) is 53.1. The molecule has 0 aliphatic heterocycles. The van der Waals surface area contributed by atoms with Crippen molar-refractivity contribution in [2.24, 2.45) is 0 Å². The van der Waals surface area contributed by atoms with Gasteiger partial charge in [0.05, 0.1) is 0 Å². The SMILES string of the molecule is [CH2-]c1ccccc1.[Cl-].[Pd+2].c1ccc(P(c2ccccc2)c2ccccc2)cc1.c1ccc(P(c2ccccc2)c2ccccc2)cc1.c1ccc(P(c2ccccc2)c2ccccc2)cc1.c1ccc(P(c2ccccc2)c2ccccc2)cc1. The maximum Gasteiger partial charge on any atom is 2.00 e. The molecule has 0 saturated heterocycles. The summed E-state index contributed by atoms with van der Waals surface area (Å²) in [6.07, 6.45) is 0. The van der Waals surface area contributed by atoms with Crippen LogP contribution in [0.1, 0.15) is 5.56 Å². The molecule has 0 bridgehead atoms. The summed E-state index contributed by atoms with van der Waals surface area (Å²) in [5.74, 6) is 0. The molecule has 0 radical (unpaired) electrons. The number of hydrogen-bond acceptors (Lipinski definition) is 0. The quantitative estimate of drug-likeness (QED) is 0.0650. The standard InChI is InChI=1S/4C18H15P.C7H7.ClH.Pd/c4*1-4-10-16(11-5-1)19(17-12-6-2-7-13-17)18-14-8-3-9-15-18;1-7-5-3-2-4-6-7;;/h4*1-15H;2-6H,1H2;1H;/q;;;;-1;;+2/p-1. The Labute approximate surface area is 530 Å². The molecule has 0 unspecified atom stereocenters. The third-order valence-electron chi connectivity index (χ3n) is 13.0. The van der Waals surface area contributed by atoms with E-state index in [9.17, 15) is 0 Å². The molecule has 6 heteroatoms. The average molecular weight is 1280 g/mol. The Kier molecular flexibility index (Phi) is 28.2. The Morgan fingerprint density at radius 2 is 0.224 bits per heavy atom. The third-order valence-corrected chi connectivity index (χ3v) is 22.8. The van der Waals surface area contributed by atoms with Crippen LogP contribution in [0.5, 0.6) is 0 Å². The predicted molar refractivity (Wildman–Crippen MR) is 371 cm³/mol. The number of benzene rings is 13. The summed E-state index contributed by atoms with van der Waals surface area (Å²) >= 11 is 0. The van der Waals surface area contributed by atoms with E-state index in [4.69, 9.17) is 0 Å². The Balaban J connectivity index is 0.000000155. The normalized spacial score (nSPS) is 10.2. The average Bonchev–Trinajstić information content (AvgIpc) is 3.76. The second kappa shape index (κ2) is 37.0. The fourth-order valence-corrected chi connectivity index (χ4v) is 18.4. The van der Waals surface area contributed by atoms with Gasteiger partial charge in [-0.15, -0.1) is 12.1 Å². The first-order valence-electron chi connectivity index (χ1n) is 27.9. The van der Waals surface area contributed by atoms with Gasteiger partial charge < -0.3 is 12.4 Å². The van der Waals surface area contributed by atoms with Crippen LogP contribution >= 0.6 is 31.7 Å². The second-order valence-electron chi connectivity index (χ2n) is 18.9. The molecule has 0 aliphatic rings. The van der Waals surface area contributed by atoms with Gasteiger partial charge >= 0.3 is 20.4 Å². The molecule has 0 spiro atoms. The van der Waals surface area contributed by atoms with Gasteiger partial charge in [-0.2, -0.15) is 24.6 Å². The zero-order chi connectivity index (χ0) is 56.8. The van der Waals surface area contributed by atoms with Crippen LogP contribution in [0.15, 0.2) is 394 Å². The van der Waals surface area contributed by atoms with Gasteiger partial charge in [-0.05, 0) is 95.3 Å². The van der Waals surface area contributed by atoms with E-state index < -0.39 is 31.7 Å². The molecule has 0 heterocycles. The smallest absolute Gasteiger partial charge is 1.00 e. The van der Waals surface area contributed by atoms with Crippen LogP contribution in [0, 0.1) is 6.92 Å². The van der Waals surface area contributed by atoms with Gasteiger partial charge in [0, 0.05) is 0 Å². The maximum atomic E-state index is 3.72. The van der Waals surface area contributed by atoms with E-state index in [-0.39, 0.29) is 32.8 Å². The van der Waals surface area contributed by atoms with Crippen molar-refractivity contribution in [1.82, 2.24) is 0 Å². The van der Waals surface area contributed by atoms with E-state index in [0.717, 1.165) is 5.56 Å². The van der Waals surface area contributed by atoms with Gasteiger partial charge in [0.2, 0.25) is 0 Å². The van der Waals surface area contributed by atoms with Gasteiger partial charge in [0.15, 0.2) is 0 Å². The number of hydrogen-bond donors (Lipinski definition) is 0. The molecule has 13 aromatic carbocycles. The van der Waals surface area contributed by atoms with Crippen molar-refractivity contribution in [3.63, 3.8) is 0 Å². The summed E-state index contributed by atoms with van der Waals surface area (Å²) < 4.78 is 0. The minimum absolute atomic E-state index is 0. The van der Waals surface area contributed by atoms with Crippen LogP contribution in [0.4, 0.5) is 0 Å². The molecule has 0 atom stereocenters. The van der Waals surface area contributed by atoms with E-state index in [2.05, 4.69) is 371 Å². The summed E-state index contributed by atoms with van der Waals surface area (Å²) in [4.78, 5) is 0. The van der Waals surface area contributed by atoms with E-state index in [1.54, 1.807) is 0 Å². The van der Waals surface area contributed by atoms with Gasteiger partial charge in [-0.3, -0.25) is 0 Å². The fourth-order valence-electron chi connectivity index (χ4n) is 9.19. The largest absolute Gasteiger partial charge is 2.00 e. The van der Waals surface area contributed by atoms with Crippen molar-refractivity contribution in [3.05, 3.63) is 407 Å². The van der Waals surface area contributed by atoms with Crippen molar-refractivity contribution in [1.29, 1.82) is 0 Å². The topological polar surface area (TPSA) is 0 Å². The minimum Gasteiger partial charge on any atom is -1.00 e. The molecular formula is C79H67ClP4Pd. The van der Waals surface area contributed by atoms with Gasteiger partial charge in [0.25, 0.3) is 0 Å². The summed E-state index contributed by atoms with van der Waals surface area (Å²) in [6.45, 7) is 3.72. The molecule has 0 nitrogen and oxygen atoms in total. The van der Waals surface area contributed by atoms with Crippen LogP contribution in [0.25, 0.3) is 0 Å². The Bertz CT molecular complexity index is 2910. The summed E-state index contributed by atoms with van der Waals surface area (Å²) in [6, 6.07) is 139. The molecule has 0 amide bonds. The Morgan fingerprint density at radius 1 is 0.141 bits per heavy atom. The van der Waals surface area contributed by atoms with E-state index in [0.29, 0.717) is 0 Å². The van der Waals surface area contributed by atoms with Gasteiger partial charge in [-0.25, -0.2) is 0 Å². The monoisotopic (exact) mass is 1280 g/mol. The van der Waals surface area contributed by atoms with Crippen molar-refractivity contribution in [3.8, 4) is 0 Å². The van der Waals surface area contributed by atoms with Crippen LogP contribution < -0.4 is 76.1 Å². The van der Waals surface area contributed by atoms with Crippen molar-refractivity contribution >= 4 is 95.3 Å². The fraction of sp³-hybridized carbons (Fsp3) is 0. The first kappa shape index (κ1) is 65.0. The molecule has 420 valence electrons. The van der Waals surface area contributed by atoms with E-state index in [1.807, 2.05) is 30.3 Å². The number of halogens is 1. The first-order chi connectivity index (χ1) is 41.2. The number of rotatable bonds is 12. The molecular weight excluding hydrogens is 1210 g/mol. The first-order valence-corrected chi connectivity index (χ1v) is 33.2. The van der Waals surface area contributed by atoms with Gasteiger partial charge in [0.1, 0.15) is 0 Å². The second-order valence-corrected chi connectivity index (χ2v) is 27.7. The molecule has 13 aromatic rings. The van der Waals surface area contributed by atoms with Gasteiger partial charge in [-0.1, -0.05) is 370 Å². The summed E-state index contributed by atoms with van der Waals surface area (Å²) in [5, 5.41) is 16.8. The molecule has 0 aliphatic carbocycles. The molecule has 0 fully saturated rings. The molecule has 0 saturated carbocycles. The van der Waals surface area contributed by atoms with Crippen molar-refractivity contribution in [2.75, 3.05) is 0 Å². The molecule has 0 aromatic heterocycles. The minimum atomic E-state index is -0.446. The Hall–Kier alpha value is -7.60.